The van der Waals surface area contributed by atoms with Crippen LogP contribution in [0.15, 0.2) is 24.3 Å². The summed E-state index contributed by atoms with van der Waals surface area (Å²) in [5.41, 5.74) is 0.102. The number of aliphatic hydroxyl groups is 1. The molecule has 1 aliphatic carbocycles. The van der Waals surface area contributed by atoms with E-state index in [2.05, 4.69) is 13.8 Å². The van der Waals surface area contributed by atoms with Crippen LogP contribution in [0.4, 0.5) is 5.69 Å². The summed E-state index contributed by atoms with van der Waals surface area (Å²) in [5, 5.41) is 10.8. The smallest absolute Gasteiger partial charge is 0.233 e. The summed E-state index contributed by atoms with van der Waals surface area (Å²) < 4.78 is 5.69. The quantitative estimate of drug-likeness (QED) is 0.839. The van der Waals surface area contributed by atoms with Gasteiger partial charge in [0.1, 0.15) is 5.75 Å². The summed E-state index contributed by atoms with van der Waals surface area (Å²) in [4.78, 5) is 15.1. The first-order valence-corrected chi connectivity index (χ1v) is 10.0. The third-order valence-electron chi connectivity index (χ3n) is 5.96. The van der Waals surface area contributed by atoms with Crippen LogP contribution in [0.2, 0.25) is 0 Å². The first-order valence-electron chi connectivity index (χ1n) is 10.0. The predicted molar refractivity (Wildman–Crippen MR) is 104 cm³/mol. The maximum absolute atomic E-state index is 13.2. The van der Waals surface area contributed by atoms with E-state index in [0.29, 0.717) is 5.92 Å². The molecule has 0 unspecified atom stereocenters. The van der Waals surface area contributed by atoms with Gasteiger partial charge in [-0.25, -0.2) is 0 Å². The van der Waals surface area contributed by atoms with Crippen molar-refractivity contribution in [2.75, 3.05) is 11.4 Å². The molecule has 1 amide bonds. The average Bonchev–Trinajstić information content (AvgIpc) is 2.87. The topological polar surface area (TPSA) is 49.8 Å². The van der Waals surface area contributed by atoms with Crippen LogP contribution in [0.5, 0.6) is 5.75 Å². The average molecular weight is 360 g/mol. The second-order valence-corrected chi connectivity index (χ2v) is 8.97. The van der Waals surface area contributed by atoms with E-state index in [9.17, 15) is 9.90 Å². The Kier molecular flexibility index (Phi) is 5.34. The Morgan fingerprint density at radius 2 is 1.65 bits per heavy atom. The van der Waals surface area contributed by atoms with Crippen LogP contribution in [0.3, 0.4) is 0 Å². The third-order valence-corrected chi connectivity index (χ3v) is 5.96. The van der Waals surface area contributed by atoms with Crippen LogP contribution in [0, 0.1) is 11.3 Å². The van der Waals surface area contributed by atoms with Crippen molar-refractivity contribution >= 4 is 11.6 Å². The summed E-state index contributed by atoms with van der Waals surface area (Å²) in [5.74, 6) is 1.56. The number of nitrogens with zero attached hydrogens (tertiary/aromatic N) is 1. The van der Waals surface area contributed by atoms with Gasteiger partial charge in [0.05, 0.1) is 17.1 Å². The monoisotopic (exact) mass is 359 g/mol. The molecule has 2 aliphatic rings. The molecule has 0 bridgehead atoms. The molecule has 1 aromatic rings. The molecule has 4 heteroatoms. The minimum absolute atomic E-state index is 0.143. The van der Waals surface area contributed by atoms with E-state index in [-0.39, 0.29) is 17.4 Å². The first-order chi connectivity index (χ1) is 12.2. The van der Waals surface area contributed by atoms with Crippen molar-refractivity contribution in [2.45, 2.75) is 77.9 Å². The van der Waals surface area contributed by atoms with Crippen LogP contribution in [-0.4, -0.2) is 29.3 Å². The summed E-state index contributed by atoms with van der Waals surface area (Å²) >= 11 is 0. The molecule has 0 radical (unpaired) electrons. The number of rotatable bonds is 5. The molecule has 0 atom stereocenters. The predicted octanol–water partition coefficient (Wildman–Crippen LogP) is 4.55. The lowest BCUT2D eigenvalue weighted by Crippen LogP contribution is -2.44. The van der Waals surface area contributed by atoms with E-state index in [1.807, 2.05) is 43.0 Å². The number of amides is 1. The van der Waals surface area contributed by atoms with Gasteiger partial charge in [-0.15, -0.1) is 0 Å². The fourth-order valence-corrected chi connectivity index (χ4v) is 4.67. The van der Waals surface area contributed by atoms with Gasteiger partial charge in [0, 0.05) is 12.2 Å². The Morgan fingerprint density at radius 1 is 1.04 bits per heavy atom. The first kappa shape index (κ1) is 19.2. The summed E-state index contributed by atoms with van der Waals surface area (Å²) in [7, 11) is 0. The van der Waals surface area contributed by atoms with Gasteiger partial charge in [-0.3, -0.25) is 4.79 Å². The van der Waals surface area contributed by atoms with Gasteiger partial charge in [0.2, 0.25) is 5.91 Å². The lowest BCUT2D eigenvalue weighted by molar-refractivity contribution is -0.131. The Bertz CT molecular complexity index is 627. The van der Waals surface area contributed by atoms with Gasteiger partial charge >= 0.3 is 0 Å². The molecule has 1 saturated heterocycles. The van der Waals surface area contributed by atoms with E-state index in [0.717, 1.165) is 56.5 Å². The Morgan fingerprint density at radius 3 is 2.19 bits per heavy atom. The third kappa shape index (κ3) is 3.90. The number of hydrogen-bond donors (Lipinski definition) is 1. The number of ether oxygens (including phenoxy) is 1. The van der Waals surface area contributed by atoms with Crippen molar-refractivity contribution in [2.24, 2.45) is 11.3 Å². The molecule has 1 aliphatic heterocycles. The van der Waals surface area contributed by atoms with Crippen LogP contribution < -0.4 is 9.64 Å². The summed E-state index contributed by atoms with van der Waals surface area (Å²) in [6.07, 6.45) is 4.97. The molecule has 3 rings (SSSR count). The van der Waals surface area contributed by atoms with E-state index in [1.54, 1.807) is 0 Å². The maximum Gasteiger partial charge on any atom is 0.233 e. The second-order valence-electron chi connectivity index (χ2n) is 8.97. The molecule has 1 N–H and O–H groups in total. The van der Waals surface area contributed by atoms with Crippen molar-refractivity contribution < 1.29 is 14.6 Å². The Hall–Kier alpha value is -1.55. The number of anilines is 1. The highest BCUT2D eigenvalue weighted by molar-refractivity contribution is 6.00. The lowest BCUT2D eigenvalue weighted by atomic mass is 9.66. The van der Waals surface area contributed by atoms with E-state index in [4.69, 9.17) is 4.74 Å². The zero-order valence-electron chi connectivity index (χ0n) is 16.6. The zero-order chi connectivity index (χ0) is 18.9. The summed E-state index contributed by atoms with van der Waals surface area (Å²) in [6.45, 7) is 9.08. The van der Waals surface area contributed by atoms with Crippen molar-refractivity contribution in [3.05, 3.63) is 24.3 Å². The zero-order valence-corrected chi connectivity index (χ0v) is 16.6. The van der Waals surface area contributed by atoms with Crippen LogP contribution in [0.25, 0.3) is 0 Å². The van der Waals surface area contributed by atoms with Crippen molar-refractivity contribution in [1.82, 2.24) is 0 Å². The van der Waals surface area contributed by atoms with Gasteiger partial charge in [0.25, 0.3) is 0 Å². The number of benzene rings is 1. The van der Waals surface area contributed by atoms with Gasteiger partial charge in [0.15, 0.2) is 0 Å². The minimum Gasteiger partial charge on any atom is -0.491 e. The summed E-state index contributed by atoms with van der Waals surface area (Å²) in [6, 6.07) is 7.84. The fourth-order valence-electron chi connectivity index (χ4n) is 4.67. The van der Waals surface area contributed by atoms with Crippen molar-refractivity contribution in [1.29, 1.82) is 0 Å². The van der Waals surface area contributed by atoms with Crippen LogP contribution in [-0.2, 0) is 4.79 Å². The Balaban J connectivity index is 1.67. The molecule has 0 aromatic heterocycles. The molecule has 4 nitrogen and oxygen atoms in total. The highest BCUT2D eigenvalue weighted by atomic mass is 16.5. The molecule has 2 fully saturated rings. The number of carbonyl (C=O) groups is 1. The number of hydrogen-bond acceptors (Lipinski definition) is 3. The second kappa shape index (κ2) is 7.22. The highest BCUT2D eigenvalue weighted by Crippen LogP contribution is 2.49. The molecular formula is C22H33NO3. The molecule has 1 aromatic carbocycles. The lowest BCUT2D eigenvalue weighted by Gasteiger charge is -2.41. The van der Waals surface area contributed by atoms with Crippen molar-refractivity contribution in [3.63, 3.8) is 0 Å². The van der Waals surface area contributed by atoms with Crippen LogP contribution >= 0.6 is 0 Å². The Labute approximate surface area is 157 Å². The standard InChI is InChI=1S/C22H33NO3/c1-16(2)15-22(25)11-9-21(10-12-22)13-14-23(20(21)24)18-5-7-19(8-6-18)26-17(3)4/h5-8,16-17,25H,9-15H2,1-4H3/t21-,22+. The van der Waals surface area contributed by atoms with Gasteiger partial charge < -0.3 is 14.7 Å². The molecule has 1 spiro atoms. The van der Waals surface area contributed by atoms with Crippen molar-refractivity contribution in [3.8, 4) is 5.75 Å². The number of carbonyl (C=O) groups excluding carboxylic acids is 1. The molecule has 144 valence electrons. The van der Waals surface area contributed by atoms with Gasteiger partial charge in [-0.05, 0) is 82.6 Å². The molecule has 1 heterocycles. The largest absolute Gasteiger partial charge is 0.491 e. The van der Waals surface area contributed by atoms with E-state index < -0.39 is 5.60 Å². The minimum atomic E-state index is -0.580. The van der Waals surface area contributed by atoms with Crippen LogP contribution in [0.1, 0.15) is 66.2 Å². The molecule has 1 saturated carbocycles. The van der Waals surface area contributed by atoms with Gasteiger partial charge in [-0.1, -0.05) is 13.8 Å². The molecular weight excluding hydrogens is 326 g/mol. The molecule has 26 heavy (non-hydrogen) atoms. The normalized spacial score (nSPS) is 29.2. The van der Waals surface area contributed by atoms with E-state index >= 15 is 0 Å². The SMILES string of the molecule is CC(C)C[C@]1(O)CC[C@]2(CCN(c3ccc(OC(C)C)cc3)C2=O)CC1. The maximum atomic E-state index is 13.2. The van der Waals surface area contributed by atoms with Gasteiger partial charge in [-0.2, -0.15) is 0 Å². The highest BCUT2D eigenvalue weighted by Gasteiger charge is 2.51. The van der Waals surface area contributed by atoms with E-state index in [1.165, 1.54) is 0 Å². The fraction of sp³-hybridized carbons (Fsp3) is 0.682.